The fourth-order valence-corrected chi connectivity index (χ4v) is 3.47. The molecule has 1 atom stereocenters. The third-order valence-electron chi connectivity index (χ3n) is 4.39. The summed E-state index contributed by atoms with van der Waals surface area (Å²) >= 11 is 0. The van der Waals surface area contributed by atoms with Crippen LogP contribution in [0.2, 0.25) is 0 Å². The topological polar surface area (TPSA) is 15.3 Å². The van der Waals surface area contributed by atoms with E-state index in [0.717, 1.165) is 31.6 Å². The molecule has 0 bridgehead atoms. The van der Waals surface area contributed by atoms with E-state index in [-0.39, 0.29) is 5.82 Å². The highest BCUT2D eigenvalue weighted by atomic mass is 19.1. The van der Waals surface area contributed by atoms with Crippen molar-refractivity contribution in [3.8, 4) is 0 Å². The van der Waals surface area contributed by atoms with E-state index in [1.54, 1.807) is 12.1 Å². The molecule has 2 aliphatic rings. The van der Waals surface area contributed by atoms with Gasteiger partial charge in [-0.1, -0.05) is 24.3 Å². The van der Waals surface area contributed by atoms with Crippen molar-refractivity contribution in [3.63, 3.8) is 0 Å². The largest absolute Gasteiger partial charge is 0.362 e. The van der Waals surface area contributed by atoms with Gasteiger partial charge in [0.1, 0.15) is 5.82 Å². The first-order valence-corrected chi connectivity index (χ1v) is 7.16. The number of nitrogens with one attached hydrogen (secondary N) is 1. The molecule has 2 nitrogen and oxygen atoms in total. The smallest absolute Gasteiger partial charge is 0.123 e. The zero-order valence-electron chi connectivity index (χ0n) is 11.3. The Morgan fingerprint density at radius 1 is 1.10 bits per heavy atom. The molecule has 102 valence electrons. The van der Waals surface area contributed by atoms with Gasteiger partial charge in [0.2, 0.25) is 0 Å². The minimum atomic E-state index is -0.144. The van der Waals surface area contributed by atoms with Gasteiger partial charge in [0.25, 0.3) is 0 Å². The molecule has 0 saturated carbocycles. The van der Waals surface area contributed by atoms with Crippen LogP contribution >= 0.6 is 0 Å². The summed E-state index contributed by atoms with van der Waals surface area (Å²) in [5.74, 6) is -0.144. The lowest BCUT2D eigenvalue weighted by Gasteiger charge is -2.38. The summed E-state index contributed by atoms with van der Waals surface area (Å²) in [6, 6.07) is 14.1. The van der Waals surface area contributed by atoms with Crippen molar-refractivity contribution in [2.45, 2.75) is 12.5 Å². The Hall–Kier alpha value is -1.87. The first-order chi connectivity index (χ1) is 9.83. The Kier molecular flexibility index (Phi) is 2.74. The highest BCUT2D eigenvalue weighted by molar-refractivity contribution is 5.60. The summed E-state index contributed by atoms with van der Waals surface area (Å²) in [7, 11) is 0. The van der Waals surface area contributed by atoms with Gasteiger partial charge in [0.15, 0.2) is 0 Å². The summed E-state index contributed by atoms with van der Waals surface area (Å²) in [6.45, 7) is 2.90. The van der Waals surface area contributed by atoms with Crippen LogP contribution in [0, 0.1) is 5.82 Å². The number of hydrogen-bond acceptors (Lipinski definition) is 2. The molecular formula is C17H17FN2. The first-order valence-electron chi connectivity index (χ1n) is 7.16. The molecule has 0 amide bonds. The number of benzene rings is 2. The van der Waals surface area contributed by atoms with Gasteiger partial charge < -0.3 is 10.2 Å². The summed E-state index contributed by atoms with van der Waals surface area (Å²) in [4.78, 5) is 2.43. The minimum Gasteiger partial charge on any atom is -0.362 e. The molecule has 0 radical (unpaired) electrons. The Labute approximate surface area is 118 Å². The lowest BCUT2D eigenvalue weighted by atomic mass is 9.96. The van der Waals surface area contributed by atoms with Crippen LogP contribution in [-0.2, 0) is 6.42 Å². The van der Waals surface area contributed by atoms with Crippen LogP contribution in [0.4, 0.5) is 10.1 Å². The number of hydrogen-bond donors (Lipinski definition) is 1. The number of rotatable bonds is 0. The van der Waals surface area contributed by atoms with Gasteiger partial charge >= 0.3 is 0 Å². The fourth-order valence-electron chi connectivity index (χ4n) is 3.47. The van der Waals surface area contributed by atoms with E-state index in [0.29, 0.717) is 6.04 Å². The summed E-state index contributed by atoms with van der Waals surface area (Å²) in [6.07, 6.45) is 0.816. The van der Waals surface area contributed by atoms with Crippen LogP contribution in [-0.4, -0.2) is 19.6 Å². The molecule has 0 unspecified atom stereocenters. The standard InChI is InChI=1S/C17H17FN2/c18-14-5-6-16-13(10-14)9-12-3-1-2-4-15(12)17-11-19-7-8-20(16)17/h1-6,10,17,19H,7-9,11H2/t17-/m0/s1. The molecule has 2 aromatic carbocycles. The van der Waals surface area contributed by atoms with Gasteiger partial charge in [-0.15, -0.1) is 0 Å². The lowest BCUT2D eigenvalue weighted by molar-refractivity contribution is 0.490. The molecule has 1 fully saturated rings. The number of fused-ring (bicyclic) bond motifs is 5. The second-order valence-corrected chi connectivity index (χ2v) is 5.56. The summed E-state index contributed by atoms with van der Waals surface area (Å²) in [5, 5.41) is 3.48. The van der Waals surface area contributed by atoms with Gasteiger partial charge in [-0.05, 0) is 41.3 Å². The molecule has 20 heavy (non-hydrogen) atoms. The van der Waals surface area contributed by atoms with Crippen LogP contribution in [0.5, 0.6) is 0 Å². The summed E-state index contributed by atoms with van der Waals surface area (Å²) in [5.41, 5.74) is 4.97. The SMILES string of the molecule is Fc1ccc2c(c1)Cc1ccccc1[C@@H]1CNCCN21. The van der Waals surface area contributed by atoms with Crippen molar-refractivity contribution in [2.24, 2.45) is 0 Å². The second-order valence-electron chi connectivity index (χ2n) is 5.56. The van der Waals surface area contributed by atoms with Crippen LogP contribution < -0.4 is 10.2 Å². The Balaban J connectivity index is 1.92. The predicted octanol–water partition coefficient (Wildman–Crippen LogP) is 2.88. The van der Waals surface area contributed by atoms with Gasteiger partial charge in [-0.2, -0.15) is 0 Å². The van der Waals surface area contributed by atoms with Gasteiger partial charge in [0.05, 0.1) is 6.04 Å². The summed E-state index contributed by atoms with van der Waals surface area (Å²) < 4.78 is 13.6. The molecule has 4 rings (SSSR count). The van der Waals surface area contributed by atoms with Crippen LogP contribution in [0.1, 0.15) is 22.7 Å². The monoisotopic (exact) mass is 268 g/mol. The molecule has 2 heterocycles. The number of nitrogens with zero attached hydrogens (tertiary/aromatic N) is 1. The third kappa shape index (κ3) is 1.81. The van der Waals surface area contributed by atoms with E-state index in [1.807, 2.05) is 6.07 Å². The van der Waals surface area contributed by atoms with Crippen molar-refractivity contribution in [3.05, 3.63) is 65.0 Å². The van der Waals surface area contributed by atoms with Crippen molar-refractivity contribution in [2.75, 3.05) is 24.5 Å². The second kappa shape index (κ2) is 4.60. The molecule has 3 heteroatoms. The minimum absolute atomic E-state index is 0.144. The number of anilines is 1. The van der Waals surface area contributed by atoms with Gasteiger partial charge in [-0.3, -0.25) is 0 Å². The molecule has 1 N–H and O–H groups in total. The zero-order chi connectivity index (χ0) is 13.5. The normalized spacial score (nSPS) is 20.6. The van der Waals surface area contributed by atoms with E-state index in [4.69, 9.17) is 0 Å². The molecule has 1 saturated heterocycles. The van der Waals surface area contributed by atoms with Crippen LogP contribution in [0.3, 0.4) is 0 Å². The van der Waals surface area contributed by atoms with Crippen molar-refractivity contribution in [1.82, 2.24) is 5.32 Å². The van der Waals surface area contributed by atoms with Crippen LogP contribution in [0.15, 0.2) is 42.5 Å². The zero-order valence-corrected chi connectivity index (χ0v) is 11.3. The van der Waals surface area contributed by atoms with Gasteiger partial charge in [0, 0.05) is 25.3 Å². The Bertz CT molecular complexity index is 653. The number of halogens is 1. The van der Waals surface area contributed by atoms with E-state index >= 15 is 0 Å². The average Bonchev–Trinajstić information content (AvgIpc) is 2.61. The van der Waals surface area contributed by atoms with Crippen LogP contribution in [0.25, 0.3) is 0 Å². The van der Waals surface area contributed by atoms with E-state index in [2.05, 4.69) is 34.5 Å². The van der Waals surface area contributed by atoms with Crippen molar-refractivity contribution < 1.29 is 4.39 Å². The predicted molar refractivity (Wildman–Crippen MR) is 78.6 cm³/mol. The van der Waals surface area contributed by atoms with E-state index < -0.39 is 0 Å². The maximum Gasteiger partial charge on any atom is 0.123 e. The first kappa shape index (κ1) is 11.9. The van der Waals surface area contributed by atoms with Gasteiger partial charge in [-0.25, -0.2) is 4.39 Å². The Morgan fingerprint density at radius 3 is 2.95 bits per heavy atom. The molecule has 0 aromatic heterocycles. The van der Waals surface area contributed by atoms with E-state index in [1.165, 1.54) is 16.8 Å². The fraction of sp³-hybridized carbons (Fsp3) is 0.294. The lowest BCUT2D eigenvalue weighted by Crippen LogP contribution is -2.46. The van der Waals surface area contributed by atoms with Crippen molar-refractivity contribution in [1.29, 1.82) is 0 Å². The molecule has 2 aliphatic heterocycles. The molecule has 0 aliphatic carbocycles. The molecule has 2 aromatic rings. The highest BCUT2D eigenvalue weighted by Crippen LogP contribution is 2.37. The Morgan fingerprint density at radius 2 is 2.00 bits per heavy atom. The maximum absolute atomic E-state index is 13.6. The molecule has 0 spiro atoms. The highest BCUT2D eigenvalue weighted by Gasteiger charge is 2.30. The quantitative estimate of drug-likeness (QED) is 0.790. The molecular weight excluding hydrogens is 251 g/mol. The van der Waals surface area contributed by atoms with E-state index in [9.17, 15) is 4.39 Å². The van der Waals surface area contributed by atoms with Crippen molar-refractivity contribution >= 4 is 5.69 Å². The average molecular weight is 268 g/mol. The maximum atomic E-state index is 13.6. The number of piperazine rings is 1. The third-order valence-corrected chi connectivity index (χ3v) is 4.39.